The molecule has 0 aromatic carbocycles. The molecule has 0 fully saturated rings. The van der Waals surface area contributed by atoms with Gasteiger partial charge in [0.15, 0.2) is 0 Å². The van der Waals surface area contributed by atoms with Crippen molar-refractivity contribution < 1.29 is 5.11 Å². The number of rotatable bonds is 3. The minimum absolute atomic E-state index is 0.267. The normalized spacial score (nSPS) is 26.4. The van der Waals surface area contributed by atoms with E-state index in [2.05, 4.69) is 53.7 Å². The molecule has 1 rings (SSSR count). The van der Waals surface area contributed by atoms with Gasteiger partial charge in [0.1, 0.15) is 0 Å². The minimum Gasteiger partial charge on any atom is -0.385 e. The summed E-state index contributed by atoms with van der Waals surface area (Å²) in [5.41, 5.74) is 2.02. The fourth-order valence-electron chi connectivity index (χ4n) is 2.05. The fraction of sp³-hybridized carbons (Fsp3) is 0.733. The molecule has 1 nitrogen and oxygen atoms in total. The third-order valence-corrected chi connectivity index (χ3v) is 3.66. The van der Waals surface area contributed by atoms with Gasteiger partial charge in [-0.2, -0.15) is 0 Å². The van der Waals surface area contributed by atoms with Gasteiger partial charge in [0.25, 0.3) is 0 Å². The summed E-state index contributed by atoms with van der Waals surface area (Å²) in [5, 5.41) is 10.7. The van der Waals surface area contributed by atoms with Crippen LogP contribution in [0.1, 0.15) is 48.0 Å². The summed E-state index contributed by atoms with van der Waals surface area (Å²) in [5.74, 6) is 1.27. The van der Waals surface area contributed by atoms with Crippen LogP contribution in [0.4, 0.5) is 0 Å². The van der Waals surface area contributed by atoms with Crippen molar-refractivity contribution in [1.29, 1.82) is 0 Å². The monoisotopic (exact) mass is 222 g/mol. The Morgan fingerprint density at radius 2 is 1.62 bits per heavy atom. The Morgan fingerprint density at radius 1 is 1.06 bits per heavy atom. The third-order valence-electron chi connectivity index (χ3n) is 3.66. The van der Waals surface area contributed by atoms with Crippen LogP contribution in [0, 0.1) is 17.8 Å². The molecule has 0 amide bonds. The first-order valence-electron chi connectivity index (χ1n) is 6.42. The highest BCUT2D eigenvalue weighted by molar-refractivity contribution is 5.35. The van der Waals surface area contributed by atoms with Gasteiger partial charge < -0.3 is 5.11 Å². The molecule has 0 radical (unpaired) electrons. The van der Waals surface area contributed by atoms with Gasteiger partial charge in [-0.3, -0.25) is 0 Å². The van der Waals surface area contributed by atoms with Crippen LogP contribution < -0.4 is 0 Å². The molecule has 0 aliphatic heterocycles. The standard InChI is InChI=1S/C15H26O/c1-10(2)13-7-14(11(3)4)9-15(16,8-13)12(5)6/h7-8,10-12,16H,9H2,1-6H3. The van der Waals surface area contributed by atoms with E-state index < -0.39 is 5.60 Å². The molecule has 1 aliphatic rings. The Balaban J connectivity index is 3.10. The van der Waals surface area contributed by atoms with Crippen molar-refractivity contribution in [3.63, 3.8) is 0 Å². The van der Waals surface area contributed by atoms with Crippen LogP contribution in [-0.2, 0) is 0 Å². The van der Waals surface area contributed by atoms with Gasteiger partial charge >= 0.3 is 0 Å². The van der Waals surface area contributed by atoms with Crippen LogP contribution >= 0.6 is 0 Å². The first-order chi connectivity index (χ1) is 7.26. The lowest BCUT2D eigenvalue weighted by Gasteiger charge is -2.36. The van der Waals surface area contributed by atoms with Crippen molar-refractivity contribution in [2.75, 3.05) is 0 Å². The zero-order chi connectivity index (χ0) is 12.5. The third kappa shape index (κ3) is 2.76. The Kier molecular flexibility index (Phi) is 4.01. The zero-order valence-corrected chi connectivity index (χ0v) is 11.5. The van der Waals surface area contributed by atoms with Crippen molar-refractivity contribution in [2.45, 2.75) is 53.6 Å². The molecule has 0 heterocycles. The van der Waals surface area contributed by atoms with Gasteiger partial charge in [0, 0.05) is 6.42 Å². The molecule has 0 bridgehead atoms. The summed E-state index contributed by atoms with van der Waals surface area (Å²) >= 11 is 0. The van der Waals surface area contributed by atoms with E-state index >= 15 is 0 Å². The van der Waals surface area contributed by atoms with Crippen molar-refractivity contribution in [1.82, 2.24) is 0 Å². The number of hydrogen-bond acceptors (Lipinski definition) is 1. The Morgan fingerprint density at radius 3 is 2.00 bits per heavy atom. The lowest BCUT2D eigenvalue weighted by Crippen LogP contribution is -2.36. The molecule has 0 spiro atoms. The second kappa shape index (κ2) is 4.75. The Bertz CT molecular complexity index is 307. The zero-order valence-electron chi connectivity index (χ0n) is 11.5. The maximum atomic E-state index is 10.7. The van der Waals surface area contributed by atoms with E-state index in [0.717, 1.165) is 6.42 Å². The van der Waals surface area contributed by atoms with Crippen LogP contribution in [-0.4, -0.2) is 10.7 Å². The molecule has 1 N–H and O–H groups in total. The van der Waals surface area contributed by atoms with Crippen LogP contribution in [0.3, 0.4) is 0 Å². The van der Waals surface area contributed by atoms with E-state index in [1.165, 1.54) is 11.1 Å². The van der Waals surface area contributed by atoms with Crippen molar-refractivity contribution in [3.05, 3.63) is 23.3 Å². The van der Waals surface area contributed by atoms with Gasteiger partial charge in [0.05, 0.1) is 5.60 Å². The van der Waals surface area contributed by atoms with E-state index in [0.29, 0.717) is 11.8 Å². The van der Waals surface area contributed by atoms with Crippen LogP contribution in [0.15, 0.2) is 23.3 Å². The maximum absolute atomic E-state index is 10.7. The number of allylic oxidation sites excluding steroid dienone is 2. The maximum Gasteiger partial charge on any atom is 0.0893 e. The fourth-order valence-corrected chi connectivity index (χ4v) is 2.05. The predicted molar refractivity (Wildman–Crippen MR) is 70.2 cm³/mol. The molecule has 1 aliphatic carbocycles. The average molecular weight is 222 g/mol. The smallest absolute Gasteiger partial charge is 0.0893 e. The molecule has 1 heteroatoms. The summed E-state index contributed by atoms with van der Waals surface area (Å²) in [6.07, 6.45) is 5.15. The van der Waals surface area contributed by atoms with Crippen molar-refractivity contribution in [2.24, 2.45) is 17.8 Å². The van der Waals surface area contributed by atoms with E-state index in [-0.39, 0.29) is 5.92 Å². The number of aliphatic hydroxyl groups is 1. The largest absolute Gasteiger partial charge is 0.385 e. The van der Waals surface area contributed by atoms with Crippen molar-refractivity contribution in [3.8, 4) is 0 Å². The highest BCUT2D eigenvalue weighted by Gasteiger charge is 2.33. The van der Waals surface area contributed by atoms with Crippen LogP contribution in [0.5, 0.6) is 0 Å². The van der Waals surface area contributed by atoms with E-state index in [1.807, 2.05) is 0 Å². The lowest BCUT2D eigenvalue weighted by atomic mass is 9.75. The molecule has 1 unspecified atom stereocenters. The van der Waals surface area contributed by atoms with E-state index in [4.69, 9.17) is 0 Å². The van der Waals surface area contributed by atoms with Gasteiger partial charge in [-0.1, -0.05) is 53.2 Å². The van der Waals surface area contributed by atoms with Gasteiger partial charge in [0.2, 0.25) is 0 Å². The van der Waals surface area contributed by atoms with Crippen LogP contribution in [0.25, 0.3) is 0 Å². The molecule has 16 heavy (non-hydrogen) atoms. The highest BCUT2D eigenvalue weighted by Crippen LogP contribution is 2.37. The molecule has 1 atom stereocenters. The molecular formula is C15H26O. The second-order valence-corrected chi connectivity index (χ2v) is 6.00. The van der Waals surface area contributed by atoms with Gasteiger partial charge in [-0.15, -0.1) is 0 Å². The average Bonchev–Trinajstić information content (AvgIpc) is 2.16. The van der Waals surface area contributed by atoms with Crippen molar-refractivity contribution >= 4 is 0 Å². The van der Waals surface area contributed by atoms with Gasteiger partial charge in [-0.25, -0.2) is 0 Å². The summed E-state index contributed by atoms with van der Waals surface area (Å²) in [6, 6.07) is 0. The topological polar surface area (TPSA) is 20.2 Å². The summed E-state index contributed by atoms with van der Waals surface area (Å²) < 4.78 is 0. The van der Waals surface area contributed by atoms with E-state index in [1.54, 1.807) is 0 Å². The first-order valence-corrected chi connectivity index (χ1v) is 6.42. The molecule has 0 saturated carbocycles. The minimum atomic E-state index is -0.645. The molecule has 0 aromatic rings. The van der Waals surface area contributed by atoms with Crippen LogP contribution in [0.2, 0.25) is 0 Å². The summed E-state index contributed by atoms with van der Waals surface area (Å²) in [6.45, 7) is 13.0. The summed E-state index contributed by atoms with van der Waals surface area (Å²) in [4.78, 5) is 0. The van der Waals surface area contributed by atoms with Gasteiger partial charge in [-0.05, 0) is 29.4 Å². The summed E-state index contributed by atoms with van der Waals surface area (Å²) in [7, 11) is 0. The Hall–Kier alpha value is -0.560. The highest BCUT2D eigenvalue weighted by atomic mass is 16.3. The molecular weight excluding hydrogens is 196 g/mol. The van der Waals surface area contributed by atoms with E-state index in [9.17, 15) is 5.11 Å². The predicted octanol–water partition coefficient (Wildman–Crippen LogP) is 3.94. The SMILES string of the molecule is CC(C)C1=CC(O)(C(C)C)CC(C(C)C)=C1. The second-order valence-electron chi connectivity index (χ2n) is 6.00. The molecule has 0 saturated heterocycles. The Labute approximate surface area is 100 Å². The lowest BCUT2D eigenvalue weighted by molar-refractivity contribution is 0.0390. The first kappa shape index (κ1) is 13.5. The molecule has 0 aromatic heterocycles. The quantitative estimate of drug-likeness (QED) is 0.767. The number of hydrogen-bond donors (Lipinski definition) is 1. The molecule has 92 valence electrons.